The molecule has 7 atom stereocenters. The number of rotatable bonds is 0. The topological polar surface area (TPSA) is 54.0 Å². The minimum Gasteiger partial charge on any atom is -0.463 e. The molecule has 3 heterocycles. The maximum Gasteiger partial charge on any atom is 0.308 e. The van der Waals surface area contributed by atoms with E-state index in [0.29, 0.717) is 24.9 Å². The monoisotopic (exact) mass is 392 g/mol. The normalized spacial score (nSPS) is 55.2. The molecule has 3 aliphatic heterocycles. The van der Waals surface area contributed by atoms with Gasteiger partial charge >= 0.3 is 5.97 Å². The molecule has 5 rings (SSSR count). The Kier molecular flexibility index (Phi) is 3.96. The molecule has 0 unspecified atom stereocenters. The Morgan fingerprint density at radius 2 is 1.75 bits per heavy atom. The Labute approximate surface area is 168 Å². The second-order valence-corrected chi connectivity index (χ2v) is 11.3. The number of carbonyl (C=O) groups is 1. The summed E-state index contributed by atoms with van der Waals surface area (Å²) in [7, 11) is 0. The number of ether oxygens (including phenoxy) is 4. The third-order valence-electron chi connectivity index (χ3n) is 9.35. The van der Waals surface area contributed by atoms with Crippen molar-refractivity contribution >= 4 is 5.97 Å². The summed E-state index contributed by atoms with van der Waals surface area (Å²) in [5.41, 5.74) is -0.490. The highest BCUT2D eigenvalue weighted by atomic mass is 16.7. The van der Waals surface area contributed by atoms with Crippen molar-refractivity contribution in [1.29, 1.82) is 0 Å². The van der Waals surface area contributed by atoms with Crippen LogP contribution in [0.25, 0.3) is 0 Å². The molecule has 0 amide bonds. The lowest BCUT2D eigenvalue weighted by Crippen LogP contribution is -2.68. The summed E-state index contributed by atoms with van der Waals surface area (Å²) in [5, 5.41) is 0. The van der Waals surface area contributed by atoms with Crippen LogP contribution in [0, 0.1) is 22.7 Å². The highest BCUT2D eigenvalue weighted by Crippen LogP contribution is 2.69. The van der Waals surface area contributed by atoms with Crippen LogP contribution in [0.1, 0.15) is 79.6 Å². The maximum absolute atomic E-state index is 11.9. The third kappa shape index (κ3) is 2.39. The Morgan fingerprint density at radius 1 is 0.964 bits per heavy atom. The molecular weight excluding hydrogens is 356 g/mol. The molecule has 2 spiro atoms. The van der Waals surface area contributed by atoms with Gasteiger partial charge in [-0.3, -0.25) is 4.79 Å². The van der Waals surface area contributed by atoms with Crippen LogP contribution < -0.4 is 0 Å². The molecule has 0 aromatic heterocycles. The molecule has 2 aliphatic carbocycles. The van der Waals surface area contributed by atoms with Gasteiger partial charge in [0.05, 0.1) is 24.7 Å². The van der Waals surface area contributed by atoms with Crippen LogP contribution in [-0.4, -0.2) is 42.3 Å². The summed E-state index contributed by atoms with van der Waals surface area (Å²) < 4.78 is 25.0. The van der Waals surface area contributed by atoms with Gasteiger partial charge in [0.25, 0.3) is 0 Å². The SMILES string of the molecule is C[C@@H]1CC[C@@H]2[C@]3(C)COC(C)(C)O[C@@H]3CC[C@]2(C)[C@@]12CC[C@]1(COC(=O)C1)O2. The van der Waals surface area contributed by atoms with Gasteiger partial charge in [0, 0.05) is 10.8 Å². The van der Waals surface area contributed by atoms with Crippen LogP contribution >= 0.6 is 0 Å². The molecule has 0 radical (unpaired) electrons. The molecule has 5 heteroatoms. The minimum absolute atomic E-state index is 0.0107. The fourth-order valence-corrected chi connectivity index (χ4v) is 7.80. The van der Waals surface area contributed by atoms with E-state index in [0.717, 1.165) is 38.7 Å². The van der Waals surface area contributed by atoms with Gasteiger partial charge in [-0.2, -0.15) is 0 Å². The van der Waals surface area contributed by atoms with Gasteiger partial charge < -0.3 is 18.9 Å². The van der Waals surface area contributed by atoms with Crippen LogP contribution in [0.15, 0.2) is 0 Å². The van der Waals surface area contributed by atoms with Crippen LogP contribution in [0.3, 0.4) is 0 Å². The second kappa shape index (κ2) is 5.73. The number of hydrogen-bond donors (Lipinski definition) is 0. The van der Waals surface area contributed by atoms with Crippen LogP contribution in [0.4, 0.5) is 0 Å². The molecular formula is C23H36O5. The molecule has 158 valence electrons. The standard InChI is InChI=1S/C23H36O5/c1-15-6-7-16-20(4)13-26-19(2,3)27-17(20)8-9-21(16,5)23(15)11-10-22(28-23)12-18(24)25-14-22/h15-17H,6-14H2,1-5H3/t15-,16-,17-,20+,21+,22+,23-/m1/s1. The van der Waals surface area contributed by atoms with Crippen LogP contribution in [0.5, 0.6) is 0 Å². The van der Waals surface area contributed by atoms with Crippen molar-refractivity contribution in [2.45, 2.75) is 103 Å². The molecule has 0 N–H and O–H groups in total. The summed E-state index contributed by atoms with van der Waals surface area (Å²) in [6.45, 7) is 12.5. The predicted octanol–water partition coefficient (Wildman–Crippen LogP) is 4.23. The zero-order valence-electron chi connectivity index (χ0n) is 18.1. The summed E-state index contributed by atoms with van der Waals surface area (Å²) in [6.07, 6.45) is 7.16. The summed E-state index contributed by atoms with van der Waals surface area (Å²) in [5.74, 6) is 0.395. The van der Waals surface area contributed by atoms with Gasteiger partial charge in [0.15, 0.2) is 5.79 Å². The first-order chi connectivity index (χ1) is 13.0. The number of esters is 1. The van der Waals surface area contributed by atoms with E-state index in [1.54, 1.807) is 0 Å². The Balaban J connectivity index is 1.51. The highest BCUT2D eigenvalue weighted by Gasteiger charge is 2.70. The molecule has 28 heavy (non-hydrogen) atoms. The van der Waals surface area contributed by atoms with Gasteiger partial charge in [-0.05, 0) is 64.2 Å². The molecule has 0 bridgehead atoms. The zero-order valence-corrected chi connectivity index (χ0v) is 18.1. The average molecular weight is 393 g/mol. The lowest BCUT2D eigenvalue weighted by molar-refractivity contribution is -0.358. The smallest absolute Gasteiger partial charge is 0.308 e. The fourth-order valence-electron chi connectivity index (χ4n) is 7.80. The largest absolute Gasteiger partial charge is 0.463 e. The Bertz CT molecular complexity index is 690. The summed E-state index contributed by atoms with van der Waals surface area (Å²) in [4.78, 5) is 11.9. The first-order valence-electron chi connectivity index (χ1n) is 11.2. The van der Waals surface area contributed by atoms with E-state index in [-0.39, 0.29) is 28.5 Å². The zero-order chi connectivity index (χ0) is 20.0. The van der Waals surface area contributed by atoms with E-state index in [1.807, 2.05) is 13.8 Å². The Morgan fingerprint density at radius 3 is 2.46 bits per heavy atom. The number of hydrogen-bond acceptors (Lipinski definition) is 5. The number of fused-ring (bicyclic) bond motifs is 4. The van der Waals surface area contributed by atoms with E-state index in [9.17, 15) is 4.79 Å². The number of carbonyl (C=O) groups excluding carboxylic acids is 1. The molecule has 0 aromatic rings. The fraction of sp³-hybridized carbons (Fsp3) is 0.957. The minimum atomic E-state index is -0.493. The van der Waals surface area contributed by atoms with E-state index in [1.165, 1.54) is 6.42 Å². The Hall–Kier alpha value is -0.650. The van der Waals surface area contributed by atoms with Crippen molar-refractivity contribution in [3.8, 4) is 0 Å². The van der Waals surface area contributed by atoms with Gasteiger partial charge in [-0.15, -0.1) is 0 Å². The van der Waals surface area contributed by atoms with Crippen molar-refractivity contribution in [2.75, 3.05) is 13.2 Å². The summed E-state index contributed by atoms with van der Waals surface area (Å²) in [6, 6.07) is 0. The third-order valence-corrected chi connectivity index (χ3v) is 9.35. The van der Waals surface area contributed by atoms with Crippen molar-refractivity contribution < 1.29 is 23.7 Å². The van der Waals surface area contributed by atoms with Crippen LogP contribution in [-0.2, 0) is 23.7 Å². The molecule has 5 fully saturated rings. The second-order valence-electron chi connectivity index (χ2n) is 11.3. The molecule has 5 nitrogen and oxygen atoms in total. The van der Waals surface area contributed by atoms with E-state index >= 15 is 0 Å². The molecule has 3 saturated heterocycles. The lowest BCUT2D eigenvalue weighted by atomic mass is 9.43. The van der Waals surface area contributed by atoms with Crippen molar-refractivity contribution in [3.05, 3.63) is 0 Å². The molecule has 0 aromatic carbocycles. The lowest BCUT2D eigenvalue weighted by Gasteiger charge is -2.67. The first kappa shape index (κ1) is 19.3. The van der Waals surface area contributed by atoms with Crippen molar-refractivity contribution in [3.63, 3.8) is 0 Å². The predicted molar refractivity (Wildman–Crippen MR) is 104 cm³/mol. The van der Waals surface area contributed by atoms with Crippen molar-refractivity contribution in [2.24, 2.45) is 22.7 Å². The maximum atomic E-state index is 11.9. The number of cyclic esters (lactones) is 1. The molecule has 5 aliphatic rings. The highest BCUT2D eigenvalue weighted by molar-refractivity contribution is 5.73. The van der Waals surface area contributed by atoms with Crippen molar-refractivity contribution in [1.82, 2.24) is 0 Å². The van der Waals surface area contributed by atoms with Gasteiger partial charge in [0.2, 0.25) is 0 Å². The molecule has 2 saturated carbocycles. The van der Waals surface area contributed by atoms with Gasteiger partial charge in [0.1, 0.15) is 12.2 Å². The van der Waals surface area contributed by atoms with Gasteiger partial charge in [-0.1, -0.05) is 20.8 Å². The van der Waals surface area contributed by atoms with E-state index in [4.69, 9.17) is 18.9 Å². The van der Waals surface area contributed by atoms with E-state index < -0.39 is 11.4 Å². The van der Waals surface area contributed by atoms with E-state index in [2.05, 4.69) is 20.8 Å². The average Bonchev–Trinajstić information content (AvgIpc) is 3.18. The first-order valence-corrected chi connectivity index (χ1v) is 11.2. The summed E-state index contributed by atoms with van der Waals surface area (Å²) >= 11 is 0. The van der Waals surface area contributed by atoms with Gasteiger partial charge in [-0.25, -0.2) is 0 Å². The quantitative estimate of drug-likeness (QED) is 0.578. The van der Waals surface area contributed by atoms with Crippen LogP contribution in [0.2, 0.25) is 0 Å².